The predicted octanol–water partition coefficient (Wildman–Crippen LogP) is 5.33. The van der Waals surface area contributed by atoms with Crippen molar-refractivity contribution in [2.24, 2.45) is 5.10 Å². The van der Waals surface area contributed by atoms with Crippen molar-refractivity contribution in [3.63, 3.8) is 0 Å². The van der Waals surface area contributed by atoms with Gasteiger partial charge in [-0.3, -0.25) is 5.43 Å². The summed E-state index contributed by atoms with van der Waals surface area (Å²) < 4.78 is 21.6. The van der Waals surface area contributed by atoms with Gasteiger partial charge in [-0.25, -0.2) is 4.98 Å². The highest BCUT2D eigenvalue weighted by atomic mass is 35.5. The molecule has 158 valence electrons. The molecule has 1 aromatic heterocycles. The number of benzene rings is 2. The smallest absolute Gasteiger partial charge is 0.203 e. The number of nitrogens with zero attached hydrogens (tertiary/aromatic N) is 2. The van der Waals surface area contributed by atoms with Crippen molar-refractivity contribution in [1.82, 2.24) is 4.98 Å². The van der Waals surface area contributed by atoms with E-state index in [9.17, 15) is 0 Å². The van der Waals surface area contributed by atoms with Crippen molar-refractivity contribution in [3.8, 4) is 34.3 Å². The number of aromatic nitrogens is 1. The number of hydrazone groups is 1. The van der Waals surface area contributed by atoms with E-state index >= 15 is 0 Å². The lowest BCUT2D eigenvalue weighted by Gasteiger charge is -2.11. The minimum Gasteiger partial charge on any atom is -0.497 e. The summed E-state index contributed by atoms with van der Waals surface area (Å²) in [5.41, 5.74) is 5.35. The quantitative estimate of drug-likeness (QED) is 0.353. The minimum atomic E-state index is 0.459. The van der Waals surface area contributed by atoms with Gasteiger partial charge in [0, 0.05) is 17.0 Å². The number of anilines is 1. The van der Waals surface area contributed by atoms with Crippen LogP contribution in [0.25, 0.3) is 11.3 Å². The molecule has 0 unspecified atom stereocenters. The van der Waals surface area contributed by atoms with Crippen LogP contribution < -0.4 is 24.4 Å². The molecule has 0 aliphatic carbocycles. The Morgan fingerprint density at radius 2 is 1.90 bits per heavy atom. The molecule has 0 aliphatic heterocycles. The van der Waals surface area contributed by atoms with Crippen molar-refractivity contribution < 1.29 is 18.9 Å². The summed E-state index contributed by atoms with van der Waals surface area (Å²) in [5.74, 6) is 2.47. The van der Waals surface area contributed by atoms with E-state index < -0.39 is 0 Å². The van der Waals surface area contributed by atoms with Gasteiger partial charge in [0.1, 0.15) is 11.5 Å². The van der Waals surface area contributed by atoms with Crippen LogP contribution in [-0.4, -0.2) is 39.1 Å². The first-order valence-corrected chi connectivity index (χ1v) is 10.3. The Bertz CT molecular complexity index is 1040. The highest BCUT2D eigenvalue weighted by molar-refractivity contribution is 7.14. The van der Waals surface area contributed by atoms with Gasteiger partial charge in [0.15, 0.2) is 11.5 Å². The summed E-state index contributed by atoms with van der Waals surface area (Å²) in [5, 5.41) is 7.28. The zero-order chi connectivity index (χ0) is 21.5. The lowest BCUT2D eigenvalue weighted by atomic mass is 10.1. The van der Waals surface area contributed by atoms with Crippen LogP contribution in [0.4, 0.5) is 5.13 Å². The van der Waals surface area contributed by atoms with Gasteiger partial charge < -0.3 is 18.9 Å². The van der Waals surface area contributed by atoms with E-state index in [-0.39, 0.29) is 0 Å². The molecule has 0 amide bonds. The number of hydrogen-bond acceptors (Lipinski definition) is 8. The highest BCUT2D eigenvalue weighted by Crippen LogP contribution is 2.36. The van der Waals surface area contributed by atoms with E-state index in [1.165, 1.54) is 11.3 Å². The molecular formula is C21H22ClN3O4S. The van der Waals surface area contributed by atoms with E-state index in [2.05, 4.69) is 15.5 Å². The standard InChI is InChI=1S/C21H22ClN3O4S/c1-5-29-20-16(22)8-13(9-19(20)28-4)11-23-25-21-24-17(12-30-21)15-7-6-14(26-2)10-18(15)27-3/h6-12H,5H2,1-4H3,(H,24,25)/b23-11-. The molecule has 0 fully saturated rings. The SMILES string of the molecule is CCOc1c(Cl)cc(/C=N\Nc2nc(-c3ccc(OC)cc3OC)cs2)cc1OC. The molecule has 0 aliphatic rings. The summed E-state index contributed by atoms with van der Waals surface area (Å²) in [6.07, 6.45) is 1.64. The molecular weight excluding hydrogens is 426 g/mol. The van der Waals surface area contributed by atoms with E-state index in [0.717, 1.165) is 22.6 Å². The zero-order valence-electron chi connectivity index (χ0n) is 17.1. The van der Waals surface area contributed by atoms with Gasteiger partial charge in [-0.05, 0) is 36.8 Å². The first-order valence-electron chi connectivity index (χ1n) is 9.06. The fraction of sp³-hybridized carbons (Fsp3) is 0.238. The molecule has 0 saturated carbocycles. The molecule has 0 spiro atoms. The minimum absolute atomic E-state index is 0.459. The molecule has 0 saturated heterocycles. The molecule has 3 rings (SSSR count). The molecule has 1 N–H and O–H groups in total. The molecule has 30 heavy (non-hydrogen) atoms. The van der Waals surface area contributed by atoms with E-state index in [1.54, 1.807) is 39.7 Å². The molecule has 0 atom stereocenters. The second-order valence-electron chi connectivity index (χ2n) is 5.94. The fourth-order valence-electron chi connectivity index (χ4n) is 2.72. The largest absolute Gasteiger partial charge is 0.497 e. The van der Waals surface area contributed by atoms with Crippen LogP contribution in [-0.2, 0) is 0 Å². The first-order chi connectivity index (χ1) is 14.6. The summed E-state index contributed by atoms with van der Waals surface area (Å²) in [6.45, 7) is 2.38. The fourth-order valence-corrected chi connectivity index (χ4v) is 3.65. The van der Waals surface area contributed by atoms with Crippen LogP contribution in [0.3, 0.4) is 0 Å². The Labute approximate surface area is 184 Å². The van der Waals surface area contributed by atoms with Gasteiger partial charge in [0.05, 0.1) is 44.9 Å². The molecule has 3 aromatic rings. The summed E-state index contributed by atoms with van der Waals surface area (Å²) in [6, 6.07) is 9.16. The van der Waals surface area contributed by atoms with Crippen molar-refractivity contribution in [3.05, 3.63) is 46.3 Å². The molecule has 2 aromatic carbocycles. The maximum absolute atomic E-state index is 6.29. The lowest BCUT2D eigenvalue weighted by Crippen LogP contribution is -1.98. The third-order valence-electron chi connectivity index (χ3n) is 4.10. The number of rotatable bonds is 9. The van der Waals surface area contributed by atoms with Gasteiger partial charge in [0.2, 0.25) is 5.13 Å². The number of thiazole rings is 1. The second-order valence-corrected chi connectivity index (χ2v) is 7.21. The van der Waals surface area contributed by atoms with Crippen molar-refractivity contribution in [1.29, 1.82) is 0 Å². The average molecular weight is 448 g/mol. The van der Waals surface area contributed by atoms with Crippen LogP contribution in [0.1, 0.15) is 12.5 Å². The number of nitrogens with one attached hydrogen (secondary N) is 1. The summed E-state index contributed by atoms with van der Waals surface area (Å²) >= 11 is 7.73. The van der Waals surface area contributed by atoms with Gasteiger partial charge in [-0.15, -0.1) is 11.3 Å². The van der Waals surface area contributed by atoms with Crippen molar-refractivity contribution in [2.45, 2.75) is 6.92 Å². The lowest BCUT2D eigenvalue weighted by molar-refractivity contribution is 0.311. The molecule has 0 radical (unpaired) electrons. The third kappa shape index (κ3) is 4.95. The second kappa shape index (κ2) is 10.2. The molecule has 1 heterocycles. The number of halogens is 1. The van der Waals surface area contributed by atoms with Crippen LogP contribution in [0.5, 0.6) is 23.0 Å². The third-order valence-corrected chi connectivity index (χ3v) is 5.13. The number of ether oxygens (including phenoxy) is 4. The van der Waals surface area contributed by atoms with E-state index in [0.29, 0.717) is 34.0 Å². The Morgan fingerprint density at radius 1 is 1.10 bits per heavy atom. The maximum atomic E-state index is 6.29. The van der Waals surface area contributed by atoms with Gasteiger partial charge in [-0.1, -0.05) is 11.6 Å². The Hall–Kier alpha value is -2.97. The van der Waals surface area contributed by atoms with Crippen LogP contribution >= 0.6 is 22.9 Å². The average Bonchev–Trinajstić information content (AvgIpc) is 3.23. The first kappa shape index (κ1) is 21.7. The monoisotopic (exact) mass is 447 g/mol. The predicted molar refractivity (Wildman–Crippen MR) is 121 cm³/mol. The molecule has 7 nitrogen and oxygen atoms in total. The van der Waals surface area contributed by atoms with Crippen LogP contribution in [0, 0.1) is 0 Å². The Balaban J connectivity index is 1.74. The maximum Gasteiger partial charge on any atom is 0.203 e. The zero-order valence-corrected chi connectivity index (χ0v) is 18.6. The Kier molecular flexibility index (Phi) is 7.37. The highest BCUT2D eigenvalue weighted by Gasteiger charge is 2.12. The summed E-state index contributed by atoms with van der Waals surface area (Å²) in [7, 11) is 4.80. The Morgan fingerprint density at radius 3 is 2.60 bits per heavy atom. The van der Waals surface area contributed by atoms with Gasteiger partial charge in [-0.2, -0.15) is 5.10 Å². The normalized spacial score (nSPS) is 10.8. The van der Waals surface area contributed by atoms with Crippen molar-refractivity contribution >= 4 is 34.3 Å². The van der Waals surface area contributed by atoms with E-state index in [1.807, 2.05) is 30.5 Å². The molecule has 9 heteroatoms. The van der Waals surface area contributed by atoms with E-state index in [4.69, 9.17) is 30.5 Å². The molecule has 0 bridgehead atoms. The number of methoxy groups -OCH3 is 3. The van der Waals surface area contributed by atoms with Gasteiger partial charge >= 0.3 is 0 Å². The van der Waals surface area contributed by atoms with Gasteiger partial charge in [0.25, 0.3) is 0 Å². The summed E-state index contributed by atoms with van der Waals surface area (Å²) in [4.78, 5) is 4.57. The number of hydrogen-bond donors (Lipinski definition) is 1. The van der Waals surface area contributed by atoms with Crippen molar-refractivity contribution in [2.75, 3.05) is 33.4 Å². The van der Waals surface area contributed by atoms with Crippen LogP contribution in [0.2, 0.25) is 5.02 Å². The topological polar surface area (TPSA) is 74.2 Å². The van der Waals surface area contributed by atoms with Crippen LogP contribution in [0.15, 0.2) is 40.8 Å².